The van der Waals surface area contributed by atoms with Crippen molar-refractivity contribution in [3.63, 3.8) is 0 Å². The highest BCUT2D eigenvalue weighted by Crippen LogP contribution is 2.02. The van der Waals surface area contributed by atoms with Crippen LogP contribution in [0.4, 0.5) is 4.79 Å². The summed E-state index contributed by atoms with van der Waals surface area (Å²) in [5.74, 6) is -1.16. The smallest absolute Gasteiger partial charge is 0.408 e. The second-order valence-electron chi connectivity index (χ2n) is 4.63. The SMILES string of the molecule is Cn1ncc(CC(NC(=O)OCc2ccccc2)C(=O)O)n1. The van der Waals surface area contributed by atoms with Crippen LogP contribution in [-0.4, -0.2) is 38.2 Å². The quantitative estimate of drug-likeness (QED) is 0.815. The average molecular weight is 304 g/mol. The van der Waals surface area contributed by atoms with Gasteiger partial charge in [-0.2, -0.15) is 15.0 Å². The van der Waals surface area contributed by atoms with Crippen molar-refractivity contribution in [3.8, 4) is 0 Å². The molecule has 0 spiro atoms. The Hall–Kier alpha value is -2.90. The van der Waals surface area contributed by atoms with E-state index in [1.807, 2.05) is 30.3 Å². The summed E-state index contributed by atoms with van der Waals surface area (Å²) in [6, 6.07) is 7.99. The normalized spacial score (nSPS) is 11.7. The van der Waals surface area contributed by atoms with Crippen molar-refractivity contribution >= 4 is 12.1 Å². The van der Waals surface area contributed by atoms with Crippen molar-refractivity contribution in [3.05, 3.63) is 47.8 Å². The van der Waals surface area contributed by atoms with Crippen molar-refractivity contribution in [1.29, 1.82) is 0 Å². The molecule has 0 saturated carbocycles. The van der Waals surface area contributed by atoms with Crippen molar-refractivity contribution in [2.45, 2.75) is 19.1 Å². The molecule has 1 atom stereocenters. The minimum absolute atomic E-state index is 0.0314. The molecule has 0 bridgehead atoms. The van der Waals surface area contributed by atoms with Crippen LogP contribution in [0.25, 0.3) is 0 Å². The third-order valence-electron chi connectivity index (χ3n) is 2.86. The highest BCUT2D eigenvalue weighted by Gasteiger charge is 2.22. The number of carboxylic acid groups (broad SMARTS) is 1. The number of amides is 1. The number of rotatable bonds is 6. The fourth-order valence-electron chi connectivity index (χ4n) is 1.80. The third-order valence-corrected chi connectivity index (χ3v) is 2.86. The number of aryl methyl sites for hydroxylation is 1. The van der Waals surface area contributed by atoms with Crippen molar-refractivity contribution in [1.82, 2.24) is 20.3 Å². The third kappa shape index (κ3) is 4.58. The summed E-state index contributed by atoms with van der Waals surface area (Å²) in [5, 5.41) is 19.3. The van der Waals surface area contributed by atoms with Crippen LogP contribution in [0.5, 0.6) is 0 Å². The first kappa shape index (κ1) is 15.5. The molecule has 2 aromatic rings. The zero-order valence-electron chi connectivity index (χ0n) is 12.0. The molecule has 22 heavy (non-hydrogen) atoms. The van der Waals surface area contributed by atoms with Crippen LogP contribution in [0.1, 0.15) is 11.3 Å². The Labute approximate surface area is 126 Å². The van der Waals surface area contributed by atoms with Gasteiger partial charge in [-0.3, -0.25) is 0 Å². The molecule has 2 N–H and O–H groups in total. The molecule has 0 aliphatic carbocycles. The van der Waals surface area contributed by atoms with E-state index in [9.17, 15) is 9.59 Å². The second kappa shape index (κ2) is 7.21. The molecule has 0 saturated heterocycles. The number of hydrogen-bond acceptors (Lipinski definition) is 5. The number of carbonyl (C=O) groups is 2. The molecule has 8 heteroatoms. The standard InChI is InChI=1S/C14H16N4O4/c1-18-15-8-11(17-18)7-12(13(19)20)16-14(21)22-9-10-5-3-2-4-6-10/h2-6,8,12H,7,9H2,1H3,(H,16,21)(H,19,20). The van der Waals surface area contributed by atoms with Gasteiger partial charge in [0.05, 0.1) is 11.9 Å². The first-order chi connectivity index (χ1) is 10.5. The van der Waals surface area contributed by atoms with Crippen LogP contribution in [0.3, 0.4) is 0 Å². The maximum atomic E-state index is 11.7. The highest BCUT2D eigenvalue weighted by atomic mass is 16.5. The van der Waals surface area contributed by atoms with Gasteiger partial charge in [-0.15, -0.1) is 0 Å². The van der Waals surface area contributed by atoms with E-state index in [0.717, 1.165) is 5.56 Å². The zero-order chi connectivity index (χ0) is 15.9. The first-order valence-electron chi connectivity index (χ1n) is 6.60. The van der Waals surface area contributed by atoms with Crippen LogP contribution >= 0.6 is 0 Å². The maximum absolute atomic E-state index is 11.7. The van der Waals surface area contributed by atoms with E-state index in [4.69, 9.17) is 9.84 Å². The topological polar surface area (TPSA) is 106 Å². The van der Waals surface area contributed by atoms with Crippen molar-refractivity contribution in [2.75, 3.05) is 0 Å². The van der Waals surface area contributed by atoms with E-state index < -0.39 is 18.1 Å². The summed E-state index contributed by atoms with van der Waals surface area (Å²) >= 11 is 0. The van der Waals surface area contributed by atoms with Gasteiger partial charge in [0.1, 0.15) is 12.6 Å². The molecule has 1 heterocycles. The summed E-state index contributed by atoms with van der Waals surface area (Å²) in [4.78, 5) is 24.2. The molecule has 0 aliphatic heterocycles. The van der Waals surface area contributed by atoms with Crippen LogP contribution < -0.4 is 5.32 Å². The minimum atomic E-state index is -1.16. The average Bonchev–Trinajstić information content (AvgIpc) is 2.91. The van der Waals surface area contributed by atoms with Gasteiger partial charge in [0, 0.05) is 13.5 Å². The second-order valence-corrected chi connectivity index (χ2v) is 4.63. The Bertz CT molecular complexity index is 641. The van der Waals surface area contributed by atoms with Crippen LogP contribution in [-0.2, 0) is 29.6 Å². The Morgan fingerprint density at radius 1 is 1.36 bits per heavy atom. The van der Waals surface area contributed by atoms with Gasteiger partial charge in [0.25, 0.3) is 0 Å². The van der Waals surface area contributed by atoms with Gasteiger partial charge in [0.15, 0.2) is 0 Å². The number of aliphatic carboxylic acids is 1. The molecule has 2 rings (SSSR count). The van der Waals surface area contributed by atoms with E-state index in [1.54, 1.807) is 7.05 Å². The monoisotopic (exact) mass is 304 g/mol. The van der Waals surface area contributed by atoms with Crippen LogP contribution in [0, 0.1) is 0 Å². The van der Waals surface area contributed by atoms with Crippen LogP contribution in [0.15, 0.2) is 36.5 Å². The van der Waals surface area contributed by atoms with Gasteiger partial charge in [0.2, 0.25) is 0 Å². The predicted octanol–water partition coefficient (Wildman–Crippen LogP) is 0.737. The molecule has 1 aromatic heterocycles. The summed E-state index contributed by atoms with van der Waals surface area (Å²) in [6.07, 6.45) is 0.691. The number of benzene rings is 1. The number of alkyl carbamates (subject to hydrolysis) is 1. The number of carbonyl (C=O) groups excluding carboxylic acids is 1. The number of nitrogens with one attached hydrogen (secondary N) is 1. The minimum Gasteiger partial charge on any atom is -0.480 e. The lowest BCUT2D eigenvalue weighted by Gasteiger charge is -2.13. The number of ether oxygens (including phenoxy) is 1. The summed E-state index contributed by atoms with van der Waals surface area (Å²) in [6.45, 7) is 0.0736. The lowest BCUT2D eigenvalue weighted by Crippen LogP contribution is -2.42. The van der Waals surface area contributed by atoms with Crippen molar-refractivity contribution < 1.29 is 19.4 Å². The predicted molar refractivity (Wildman–Crippen MR) is 75.9 cm³/mol. The zero-order valence-corrected chi connectivity index (χ0v) is 12.0. The number of aromatic nitrogens is 3. The molecule has 1 unspecified atom stereocenters. The molecule has 8 nitrogen and oxygen atoms in total. The Kier molecular flexibility index (Phi) is 5.07. The summed E-state index contributed by atoms with van der Waals surface area (Å²) in [7, 11) is 1.63. The van der Waals surface area contributed by atoms with E-state index >= 15 is 0 Å². The fourth-order valence-corrected chi connectivity index (χ4v) is 1.80. The van der Waals surface area contributed by atoms with Gasteiger partial charge in [-0.25, -0.2) is 9.59 Å². The van der Waals surface area contributed by atoms with Gasteiger partial charge < -0.3 is 15.2 Å². The van der Waals surface area contributed by atoms with E-state index in [2.05, 4.69) is 15.5 Å². The molecule has 0 radical (unpaired) electrons. The fraction of sp³-hybridized carbons (Fsp3) is 0.286. The number of nitrogens with zero attached hydrogens (tertiary/aromatic N) is 3. The molecule has 1 amide bonds. The van der Waals surface area contributed by atoms with E-state index in [0.29, 0.717) is 5.69 Å². The molecule has 1 aromatic carbocycles. The maximum Gasteiger partial charge on any atom is 0.408 e. The van der Waals surface area contributed by atoms with Gasteiger partial charge in [-0.1, -0.05) is 30.3 Å². The van der Waals surface area contributed by atoms with E-state index in [1.165, 1.54) is 11.0 Å². The highest BCUT2D eigenvalue weighted by molar-refractivity contribution is 5.80. The number of carboxylic acids is 1. The molecule has 0 fully saturated rings. The Morgan fingerprint density at radius 2 is 2.09 bits per heavy atom. The largest absolute Gasteiger partial charge is 0.480 e. The Balaban J connectivity index is 1.87. The van der Waals surface area contributed by atoms with Gasteiger partial charge >= 0.3 is 12.1 Å². The van der Waals surface area contributed by atoms with E-state index in [-0.39, 0.29) is 13.0 Å². The van der Waals surface area contributed by atoms with Crippen LogP contribution in [0.2, 0.25) is 0 Å². The number of hydrogen-bond donors (Lipinski definition) is 2. The lowest BCUT2D eigenvalue weighted by molar-refractivity contribution is -0.139. The van der Waals surface area contributed by atoms with Crippen molar-refractivity contribution in [2.24, 2.45) is 7.05 Å². The molecule has 0 aliphatic rings. The van der Waals surface area contributed by atoms with Gasteiger partial charge in [-0.05, 0) is 5.56 Å². The summed E-state index contributed by atoms with van der Waals surface area (Å²) < 4.78 is 5.00. The first-order valence-corrected chi connectivity index (χ1v) is 6.60. The summed E-state index contributed by atoms with van der Waals surface area (Å²) in [5.41, 5.74) is 1.29. The molecular formula is C14H16N4O4. The lowest BCUT2D eigenvalue weighted by atomic mass is 10.2. The molecule has 116 valence electrons. The Morgan fingerprint density at radius 3 is 2.68 bits per heavy atom. The molecular weight excluding hydrogens is 288 g/mol.